The smallest absolute Gasteiger partial charge is 0.181 e. The summed E-state index contributed by atoms with van der Waals surface area (Å²) in [6.45, 7) is 6.33. The fourth-order valence-corrected chi connectivity index (χ4v) is 2.32. The fraction of sp³-hybridized carbons (Fsp3) is 0.455. The molecule has 7 heteroatoms. The summed E-state index contributed by atoms with van der Waals surface area (Å²) in [6, 6.07) is 0. The monoisotopic (exact) mass is 291 g/mol. The van der Waals surface area contributed by atoms with Crippen molar-refractivity contribution in [1.82, 2.24) is 4.72 Å². The molecule has 1 unspecified atom stereocenters. The lowest BCUT2D eigenvalue weighted by Crippen LogP contribution is -2.28. The molecule has 1 atom stereocenters. The Balaban J connectivity index is 2.83. The maximum absolute atomic E-state index is 13.9. The van der Waals surface area contributed by atoms with Crippen LogP contribution < -0.4 is 19.7 Å². The largest absolute Gasteiger partial charge is 0.406 e. The van der Waals surface area contributed by atoms with Gasteiger partial charge < -0.3 is 4.18 Å². The summed E-state index contributed by atoms with van der Waals surface area (Å²) in [5, 5.41) is 0.206. The number of rotatable bonds is 5. The minimum absolute atomic E-state index is 0.0515. The highest BCUT2D eigenvalue weighted by Crippen LogP contribution is 2.25. The lowest BCUT2D eigenvalue weighted by molar-refractivity contribution is 0.522. The molecule has 0 aliphatic carbocycles. The Morgan fingerprint density at radius 3 is 2.56 bits per heavy atom. The number of hydrogen-bond donors (Lipinski definition) is 1. The number of nitrogens with one attached hydrogen (secondary N) is 1. The second-order valence-electron chi connectivity index (χ2n) is 4.53. The number of hydrogen-bond acceptors (Lipinski definition) is 3. The van der Waals surface area contributed by atoms with Crippen LogP contribution in [-0.2, 0) is 0 Å². The van der Waals surface area contributed by atoms with Crippen molar-refractivity contribution in [1.29, 1.82) is 0 Å². The molecule has 0 spiro atoms. The van der Waals surface area contributed by atoms with Crippen LogP contribution >= 0.6 is 21.5 Å². The lowest BCUT2D eigenvalue weighted by atomic mass is 9.92. The van der Waals surface area contributed by atoms with E-state index in [0.29, 0.717) is 11.4 Å². The van der Waals surface area contributed by atoms with E-state index < -0.39 is 11.6 Å². The summed E-state index contributed by atoms with van der Waals surface area (Å²) in [5.41, 5.74) is 0.484. The van der Waals surface area contributed by atoms with E-state index >= 15 is 0 Å². The van der Waals surface area contributed by atoms with E-state index in [0.717, 1.165) is 18.8 Å². The van der Waals surface area contributed by atoms with Crippen molar-refractivity contribution < 1.29 is 13.0 Å². The highest BCUT2D eigenvalue weighted by molar-refractivity contribution is 7.93. The third-order valence-electron chi connectivity index (χ3n) is 2.51. The molecule has 1 N–H and O–H groups in total. The molecule has 0 radical (unpaired) electrons. The van der Waals surface area contributed by atoms with Gasteiger partial charge in [-0.05, 0) is 18.3 Å². The molecule has 0 bridgehead atoms. The first-order valence-electron chi connectivity index (χ1n) is 5.66. The maximum atomic E-state index is 13.9. The fourth-order valence-electron chi connectivity index (χ4n) is 1.32. The zero-order valence-electron chi connectivity index (χ0n) is 10.9. The molecule has 0 aromatic heterocycles. The predicted molar refractivity (Wildman–Crippen MR) is 79.7 cm³/mol. The third kappa shape index (κ3) is 3.59. The molecule has 1 aromatic carbocycles. The molecule has 18 heavy (non-hydrogen) atoms. The molecule has 0 heterocycles. The van der Waals surface area contributed by atoms with Gasteiger partial charge in [-0.1, -0.05) is 13.8 Å². The Bertz CT molecular complexity index is 417. The van der Waals surface area contributed by atoms with E-state index in [9.17, 15) is 8.78 Å². The van der Waals surface area contributed by atoms with Gasteiger partial charge in [0, 0.05) is 17.4 Å². The second-order valence-corrected chi connectivity index (χ2v) is 5.73. The van der Waals surface area contributed by atoms with E-state index in [1.165, 1.54) is 6.92 Å². The normalized spacial score (nSPS) is 11.1. The van der Waals surface area contributed by atoms with Gasteiger partial charge in [-0.2, -0.15) is 0 Å². The first kappa shape index (κ1) is 15.7. The van der Waals surface area contributed by atoms with Gasteiger partial charge in [0.15, 0.2) is 11.6 Å². The summed E-state index contributed by atoms with van der Waals surface area (Å²) < 4.78 is 35.9. The zero-order valence-corrected chi connectivity index (χ0v) is 12.9. The first-order chi connectivity index (χ1) is 8.36. The molecule has 2 nitrogen and oxygen atoms in total. The topological polar surface area (TPSA) is 21.3 Å². The minimum atomic E-state index is -0.532. The van der Waals surface area contributed by atoms with Crippen molar-refractivity contribution in [3.8, 4) is 5.75 Å². The Kier molecular flexibility index (Phi) is 5.89. The van der Waals surface area contributed by atoms with E-state index in [1.807, 2.05) is 13.8 Å². The lowest BCUT2D eigenvalue weighted by Gasteiger charge is -2.14. The maximum Gasteiger partial charge on any atom is 0.181 e. The minimum Gasteiger partial charge on any atom is -0.406 e. The van der Waals surface area contributed by atoms with Crippen molar-refractivity contribution in [2.45, 2.75) is 20.8 Å². The molecular weight excluding hydrogens is 274 g/mol. The Labute approximate surface area is 114 Å². The van der Waals surface area contributed by atoms with Gasteiger partial charge in [0.2, 0.25) is 0 Å². The molecule has 1 rings (SSSR count). The Hall–Kier alpha value is -0.315. The Morgan fingerprint density at radius 1 is 1.39 bits per heavy atom. The van der Waals surface area contributed by atoms with Crippen molar-refractivity contribution in [2.75, 3.05) is 6.54 Å². The van der Waals surface area contributed by atoms with Gasteiger partial charge >= 0.3 is 0 Å². The van der Waals surface area contributed by atoms with Crippen LogP contribution in [0.1, 0.15) is 19.4 Å². The van der Waals surface area contributed by atoms with Crippen LogP contribution in [-0.4, -0.2) is 14.4 Å². The molecule has 0 aliphatic rings. The number of halogens is 2. The van der Waals surface area contributed by atoms with Crippen LogP contribution in [0, 0.1) is 24.5 Å². The summed E-state index contributed by atoms with van der Waals surface area (Å²) in [5.74, 6) is -0.556. The summed E-state index contributed by atoms with van der Waals surface area (Å²) in [4.78, 5) is 0. The van der Waals surface area contributed by atoms with Gasteiger partial charge in [-0.15, -0.1) is 9.24 Å². The van der Waals surface area contributed by atoms with Crippen molar-refractivity contribution >= 4 is 40.1 Å². The van der Waals surface area contributed by atoms with Crippen LogP contribution in [0.2, 0.25) is 0 Å². The highest BCUT2D eigenvalue weighted by atomic mass is 32.2. The van der Waals surface area contributed by atoms with E-state index in [1.54, 1.807) is 7.85 Å². The SMILES string of the molecule is Bc1c(F)c(C)c(OSNCC(C)C)c(F)c1P. The number of benzene rings is 1. The van der Waals surface area contributed by atoms with Crippen LogP contribution in [0.4, 0.5) is 8.78 Å². The molecule has 1 aromatic rings. The second kappa shape index (κ2) is 6.74. The highest BCUT2D eigenvalue weighted by Gasteiger charge is 2.19. The van der Waals surface area contributed by atoms with Crippen molar-refractivity contribution in [3.63, 3.8) is 0 Å². The third-order valence-corrected chi connectivity index (χ3v) is 3.74. The van der Waals surface area contributed by atoms with Gasteiger partial charge in [-0.3, -0.25) is 0 Å². The van der Waals surface area contributed by atoms with Gasteiger partial charge in [0.1, 0.15) is 25.9 Å². The summed E-state index contributed by atoms with van der Waals surface area (Å²) in [7, 11) is 3.75. The van der Waals surface area contributed by atoms with Crippen molar-refractivity contribution in [2.24, 2.45) is 5.92 Å². The summed E-state index contributed by atoms with van der Waals surface area (Å²) >= 11 is 0.920. The van der Waals surface area contributed by atoms with Gasteiger partial charge in [-0.25, -0.2) is 13.5 Å². The first-order valence-corrected chi connectivity index (χ1v) is 6.98. The molecule has 100 valence electrons. The molecular formula is C11H17BF2NOPS. The molecule has 0 aliphatic heterocycles. The Morgan fingerprint density at radius 2 is 2.00 bits per heavy atom. The average Bonchev–Trinajstić information content (AvgIpc) is 2.32. The summed E-state index contributed by atoms with van der Waals surface area (Å²) in [6.07, 6.45) is 0. The van der Waals surface area contributed by atoms with Crippen LogP contribution in [0.25, 0.3) is 0 Å². The van der Waals surface area contributed by atoms with Crippen LogP contribution in [0.3, 0.4) is 0 Å². The standard InChI is InChI=1S/C11H17BF2NOPS/c1-5(2)4-15-18-16-10-6(3)8(13)7(12)11(17)9(10)14/h5,15H,4,12,17H2,1-3H3. The van der Waals surface area contributed by atoms with Crippen molar-refractivity contribution in [3.05, 3.63) is 17.2 Å². The predicted octanol–water partition coefficient (Wildman–Crippen LogP) is 1.22. The van der Waals surface area contributed by atoms with Crippen LogP contribution in [0.5, 0.6) is 5.75 Å². The van der Waals surface area contributed by atoms with Crippen LogP contribution in [0.15, 0.2) is 0 Å². The van der Waals surface area contributed by atoms with E-state index in [2.05, 4.69) is 14.0 Å². The van der Waals surface area contributed by atoms with Gasteiger partial charge in [0.05, 0.1) is 0 Å². The zero-order chi connectivity index (χ0) is 13.9. The van der Waals surface area contributed by atoms with Gasteiger partial charge in [0.25, 0.3) is 0 Å². The average molecular weight is 291 g/mol. The van der Waals surface area contributed by atoms with E-state index in [-0.39, 0.29) is 16.6 Å². The van der Waals surface area contributed by atoms with E-state index in [4.69, 9.17) is 4.18 Å². The molecule has 0 fully saturated rings. The quantitative estimate of drug-likeness (QED) is 0.290. The molecule has 0 saturated heterocycles. The molecule has 0 saturated carbocycles. The molecule has 0 amide bonds.